The van der Waals surface area contributed by atoms with Gasteiger partial charge in [-0.1, -0.05) is 102 Å². The third-order valence-corrected chi connectivity index (χ3v) is 14.7. The number of para-hydroxylation sites is 2. The number of nitrogens with zero attached hydrogens (tertiary/aromatic N) is 6. The zero-order chi connectivity index (χ0) is 47.8. The maximum Gasteiger partial charge on any atom is 0.0991 e. The van der Waals surface area contributed by atoms with Crippen molar-refractivity contribution in [3.63, 3.8) is 0 Å². The number of nitriles is 2. The van der Waals surface area contributed by atoms with Crippen molar-refractivity contribution in [2.24, 2.45) is 0 Å². The third kappa shape index (κ3) is 5.97. The van der Waals surface area contributed by atoms with E-state index in [9.17, 15) is 10.5 Å². The molecule has 0 radical (unpaired) electrons. The molecule has 0 aliphatic heterocycles. The first-order chi connectivity index (χ1) is 33.9. The molecule has 13 aromatic rings. The molecule has 4 aromatic heterocycles. The van der Waals surface area contributed by atoms with Crippen LogP contribution in [0.1, 0.15) is 63.8 Å². The lowest BCUT2D eigenvalue weighted by molar-refractivity contribution is 0.591. The van der Waals surface area contributed by atoms with Crippen molar-refractivity contribution in [1.29, 1.82) is 10.5 Å². The zero-order valence-corrected chi connectivity index (χ0v) is 40.0. The first-order valence-corrected chi connectivity index (χ1v) is 24.0. The highest BCUT2D eigenvalue weighted by Crippen LogP contribution is 2.52. The molecule has 4 heterocycles. The molecule has 0 saturated carbocycles. The predicted molar refractivity (Wildman–Crippen MR) is 292 cm³/mol. The van der Waals surface area contributed by atoms with Gasteiger partial charge >= 0.3 is 0 Å². The van der Waals surface area contributed by atoms with E-state index in [1.807, 2.05) is 24.3 Å². The van der Waals surface area contributed by atoms with Gasteiger partial charge in [-0.25, -0.2) is 0 Å². The Balaban J connectivity index is 1.15. The van der Waals surface area contributed by atoms with Crippen molar-refractivity contribution in [3.05, 3.63) is 204 Å². The molecule has 6 nitrogen and oxygen atoms in total. The van der Waals surface area contributed by atoms with Crippen molar-refractivity contribution < 1.29 is 0 Å². The molecule has 0 aliphatic carbocycles. The third-order valence-electron chi connectivity index (χ3n) is 14.7. The van der Waals surface area contributed by atoms with Gasteiger partial charge in [0, 0.05) is 65.8 Å². The molecular formula is C64H48N6. The Hall–Kier alpha value is -8.84. The quantitative estimate of drug-likeness (QED) is 0.167. The summed E-state index contributed by atoms with van der Waals surface area (Å²) >= 11 is 0. The van der Waals surface area contributed by atoms with Crippen LogP contribution < -0.4 is 9.80 Å². The fourth-order valence-corrected chi connectivity index (χ4v) is 11.3. The Bertz CT molecular complexity index is 4020. The molecule has 0 atom stereocenters. The van der Waals surface area contributed by atoms with Crippen LogP contribution >= 0.6 is 0 Å². The molecule has 13 rings (SSSR count). The maximum absolute atomic E-state index is 9.77. The van der Waals surface area contributed by atoms with Crippen LogP contribution in [-0.2, 0) is 10.8 Å². The van der Waals surface area contributed by atoms with Crippen LogP contribution in [0.2, 0.25) is 0 Å². The predicted octanol–water partition coefficient (Wildman–Crippen LogP) is 17.3. The van der Waals surface area contributed by atoms with Crippen LogP contribution in [0.4, 0.5) is 34.1 Å². The molecule has 334 valence electrons. The second kappa shape index (κ2) is 14.8. The second-order valence-corrected chi connectivity index (χ2v) is 20.9. The van der Waals surface area contributed by atoms with E-state index in [4.69, 9.17) is 0 Å². The van der Waals surface area contributed by atoms with E-state index in [2.05, 4.69) is 230 Å². The van der Waals surface area contributed by atoms with Crippen LogP contribution in [0.3, 0.4) is 0 Å². The van der Waals surface area contributed by atoms with Gasteiger partial charge in [-0.05, 0) is 143 Å². The lowest BCUT2D eigenvalue weighted by atomic mass is 9.86. The second-order valence-electron chi connectivity index (χ2n) is 20.9. The minimum absolute atomic E-state index is 0.0624. The smallest absolute Gasteiger partial charge is 0.0991 e. The summed E-state index contributed by atoms with van der Waals surface area (Å²) in [5.41, 5.74) is 17.0. The Morgan fingerprint density at radius 1 is 0.357 bits per heavy atom. The SMILES string of the molecule is CC(C)(C)c1ccc2c(c1)c1c(N(c3ccccc3)c3ccc(C#N)cc3)ccc3c4cc5c(cc4n2c31)c1ccc(N(c2ccccc2)c2ccc(C#N)cc2)c2c3cc(C(C)(C)C)ccc3n5c12. The number of anilines is 6. The van der Waals surface area contributed by atoms with Gasteiger partial charge in [-0.3, -0.25) is 0 Å². The molecule has 0 N–H and O–H groups in total. The van der Waals surface area contributed by atoms with Crippen molar-refractivity contribution in [2.45, 2.75) is 52.4 Å². The summed E-state index contributed by atoms with van der Waals surface area (Å²) in [5.74, 6) is 0. The highest BCUT2D eigenvalue weighted by atomic mass is 15.2. The van der Waals surface area contributed by atoms with E-state index in [0.717, 1.165) is 34.1 Å². The van der Waals surface area contributed by atoms with Gasteiger partial charge in [0.25, 0.3) is 0 Å². The lowest BCUT2D eigenvalue weighted by Crippen LogP contribution is -2.11. The molecular weight excluding hydrogens is 853 g/mol. The Morgan fingerprint density at radius 3 is 1.09 bits per heavy atom. The first kappa shape index (κ1) is 41.4. The normalized spacial score (nSPS) is 12.4. The van der Waals surface area contributed by atoms with E-state index >= 15 is 0 Å². The summed E-state index contributed by atoms with van der Waals surface area (Å²) < 4.78 is 5.03. The summed E-state index contributed by atoms with van der Waals surface area (Å²) in [6, 6.07) is 69.9. The Morgan fingerprint density at radius 2 is 0.729 bits per heavy atom. The van der Waals surface area contributed by atoms with Crippen molar-refractivity contribution >= 4 is 110 Å². The highest BCUT2D eigenvalue weighted by Gasteiger charge is 2.29. The Labute approximate surface area is 406 Å². The number of hydrogen-bond donors (Lipinski definition) is 0. The topological polar surface area (TPSA) is 62.9 Å². The van der Waals surface area contributed by atoms with Crippen molar-refractivity contribution in [2.75, 3.05) is 9.80 Å². The highest BCUT2D eigenvalue weighted by molar-refractivity contribution is 6.32. The summed E-state index contributed by atoms with van der Waals surface area (Å²) in [6.45, 7) is 13.7. The number of rotatable bonds is 6. The fourth-order valence-electron chi connectivity index (χ4n) is 11.3. The van der Waals surface area contributed by atoms with E-state index in [0.29, 0.717) is 11.1 Å². The molecule has 0 bridgehead atoms. The summed E-state index contributed by atoms with van der Waals surface area (Å²) in [6.07, 6.45) is 0. The van der Waals surface area contributed by atoms with Crippen LogP contribution in [0.5, 0.6) is 0 Å². The summed E-state index contributed by atoms with van der Waals surface area (Å²) in [4.78, 5) is 4.69. The van der Waals surface area contributed by atoms with Crippen LogP contribution in [0, 0.1) is 22.7 Å². The van der Waals surface area contributed by atoms with Gasteiger partial charge in [0.1, 0.15) is 0 Å². The molecule has 0 aliphatic rings. The molecule has 0 spiro atoms. The first-order valence-electron chi connectivity index (χ1n) is 24.0. The Kier molecular flexibility index (Phi) is 8.76. The number of hydrogen-bond acceptors (Lipinski definition) is 4. The van der Waals surface area contributed by atoms with Crippen molar-refractivity contribution in [3.8, 4) is 12.1 Å². The van der Waals surface area contributed by atoms with E-state index in [-0.39, 0.29) is 10.8 Å². The van der Waals surface area contributed by atoms with E-state index in [1.54, 1.807) is 0 Å². The molecule has 0 saturated heterocycles. The van der Waals surface area contributed by atoms with Crippen molar-refractivity contribution in [1.82, 2.24) is 8.80 Å². The van der Waals surface area contributed by atoms with Crippen LogP contribution in [0.15, 0.2) is 182 Å². The molecule has 0 fully saturated rings. The number of fused-ring (bicyclic) bond motifs is 12. The number of benzene rings is 9. The van der Waals surface area contributed by atoms with Gasteiger partial charge in [0.05, 0.1) is 67.7 Å². The minimum Gasteiger partial charge on any atom is -0.310 e. The summed E-state index contributed by atoms with van der Waals surface area (Å²) in [7, 11) is 0. The van der Waals surface area contributed by atoms with Gasteiger partial charge in [-0.2, -0.15) is 10.5 Å². The molecule has 6 heteroatoms. The summed E-state index contributed by atoms with van der Waals surface area (Å²) in [5, 5.41) is 29.2. The molecule has 9 aromatic carbocycles. The van der Waals surface area contributed by atoms with Crippen LogP contribution in [-0.4, -0.2) is 8.80 Å². The molecule has 0 unspecified atom stereocenters. The lowest BCUT2D eigenvalue weighted by Gasteiger charge is -2.26. The van der Waals surface area contributed by atoms with Gasteiger partial charge in [-0.15, -0.1) is 0 Å². The molecule has 70 heavy (non-hydrogen) atoms. The standard InChI is InChI=1S/C64H48N6/c1-63(2,3)41-21-29-53-51(33-41)59-55(67(43-13-9-7-10-14-43)45-23-17-39(37-65)18-24-45)31-27-47-49-36-58-50(35-57(49)69(53)61(47)59)48-28-32-56(60-52-34-42(64(4,5)6)22-30-54(52)70(58)62(48)60)68(44-15-11-8-12-16-44)46-25-19-40(38-66)20-26-46/h7-36H,1-6H3. The zero-order valence-electron chi connectivity index (χ0n) is 40.0. The van der Waals surface area contributed by atoms with Gasteiger partial charge in [0.2, 0.25) is 0 Å². The average Bonchev–Trinajstić information content (AvgIpc) is 4.10. The largest absolute Gasteiger partial charge is 0.310 e. The monoisotopic (exact) mass is 900 g/mol. The van der Waals surface area contributed by atoms with E-state index < -0.39 is 0 Å². The van der Waals surface area contributed by atoms with Gasteiger partial charge < -0.3 is 18.6 Å². The molecule has 0 amide bonds. The van der Waals surface area contributed by atoms with E-state index in [1.165, 1.54) is 87.3 Å². The van der Waals surface area contributed by atoms with Gasteiger partial charge in [0.15, 0.2) is 0 Å². The maximum atomic E-state index is 9.77. The minimum atomic E-state index is -0.0624. The fraction of sp³-hybridized carbons (Fsp3) is 0.125. The van der Waals surface area contributed by atoms with Crippen LogP contribution in [0.25, 0.3) is 76.2 Å². The number of aromatic nitrogens is 2. The average molecular weight is 901 g/mol.